The Morgan fingerprint density at radius 3 is 2.90 bits per heavy atom. The van der Waals surface area contributed by atoms with E-state index in [4.69, 9.17) is 0 Å². The number of hydrogen-bond acceptors (Lipinski definition) is 4. The Hall–Kier alpha value is -1.95. The standard InChI is InChI=1S/C14H17N3O3/c1-9-5-11(9)8-16-13(18)7-15-14(16)10-3-2-4-12(6-10)17(19)20/h2-4,6,9,11,14-15H,5,7-8H2,1H3. The lowest BCUT2D eigenvalue weighted by atomic mass is 10.1. The van der Waals surface area contributed by atoms with Crippen LogP contribution in [0.5, 0.6) is 0 Å². The van der Waals surface area contributed by atoms with E-state index in [2.05, 4.69) is 12.2 Å². The third-order valence-corrected chi connectivity index (χ3v) is 4.18. The maximum atomic E-state index is 12.0. The quantitative estimate of drug-likeness (QED) is 0.670. The summed E-state index contributed by atoms with van der Waals surface area (Å²) in [6, 6.07) is 6.50. The number of nitrogens with one attached hydrogen (secondary N) is 1. The second-order valence-corrected chi connectivity index (χ2v) is 5.65. The van der Waals surface area contributed by atoms with E-state index in [0.29, 0.717) is 18.4 Å². The molecule has 0 bridgehead atoms. The largest absolute Gasteiger partial charge is 0.322 e. The lowest BCUT2D eigenvalue weighted by Gasteiger charge is -2.24. The molecule has 1 saturated carbocycles. The van der Waals surface area contributed by atoms with Crippen molar-refractivity contribution in [3.8, 4) is 0 Å². The molecule has 0 radical (unpaired) electrons. The minimum Gasteiger partial charge on any atom is -0.322 e. The van der Waals surface area contributed by atoms with Crippen LogP contribution in [0.3, 0.4) is 0 Å². The lowest BCUT2D eigenvalue weighted by molar-refractivity contribution is -0.385. The first kappa shape index (κ1) is 13.1. The minimum absolute atomic E-state index is 0.0587. The number of nitro benzene ring substituents is 1. The summed E-state index contributed by atoms with van der Waals surface area (Å²) >= 11 is 0. The maximum Gasteiger partial charge on any atom is 0.269 e. The summed E-state index contributed by atoms with van der Waals surface area (Å²) in [4.78, 5) is 24.2. The van der Waals surface area contributed by atoms with Gasteiger partial charge >= 0.3 is 0 Å². The van der Waals surface area contributed by atoms with Gasteiger partial charge in [-0.3, -0.25) is 20.2 Å². The molecule has 20 heavy (non-hydrogen) atoms. The number of rotatable bonds is 4. The van der Waals surface area contributed by atoms with Gasteiger partial charge in [0.05, 0.1) is 11.5 Å². The Kier molecular flexibility index (Phi) is 3.17. The summed E-state index contributed by atoms with van der Waals surface area (Å²) in [7, 11) is 0. The topological polar surface area (TPSA) is 75.5 Å². The molecule has 0 aromatic heterocycles. The summed E-state index contributed by atoms with van der Waals surface area (Å²) in [5.74, 6) is 1.31. The van der Waals surface area contributed by atoms with Crippen molar-refractivity contribution in [2.24, 2.45) is 11.8 Å². The molecule has 106 valence electrons. The van der Waals surface area contributed by atoms with Crippen molar-refractivity contribution in [2.45, 2.75) is 19.5 Å². The number of benzene rings is 1. The average Bonchev–Trinajstić information content (AvgIpc) is 3.00. The zero-order valence-electron chi connectivity index (χ0n) is 11.3. The van der Waals surface area contributed by atoms with Crippen molar-refractivity contribution in [1.29, 1.82) is 0 Å². The fourth-order valence-corrected chi connectivity index (χ4v) is 2.76. The molecule has 1 aromatic carbocycles. The average molecular weight is 275 g/mol. The van der Waals surface area contributed by atoms with E-state index in [1.54, 1.807) is 12.1 Å². The van der Waals surface area contributed by atoms with E-state index < -0.39 is 4.92 Å². The van der Waals surface area contributed by atoms with Gasteiger partial charge in [0.1, 0.15) is 6.17 Å². The normalized spacial score (nSPS) is 28.8. The molecule has 1 aliphatic carbocycles. The van der Waals surface area contributed by atoms with E-state index in [9.17, 15) is 14.9 Å². The van der Waals surface area contributed by atoms with Crippen LogP contribution in [-0.2, 0) is 4.79 Å². The Morgan fingerprint density at radius 2 is 2.25 bits per heavy atom. The highest BCUT2D eigenvalue weighted by Gasteiger charge is 2.40. The number of amides is 1. The highest BCUT2D eigenvalue weighted by atomic mass is 16.6. The zero-order chi connectivity index (χ0) is 14.3. The minimum atomic E-state index is -0.409. The molecule has 2 aliphatic rings. The van der Waals surface area contributed by atoms with Gasteiger partial charge in [-0.15, -0.1) is 0 Å². The molecule has 0 spiro atoms. The molecular formula is C14H17N3O3. The molecule has 1 aromatic rings. The van der Waals surface area contributed by atoms with Crippen molar-refractivity contribution >= 4 is 11.6 Å². The number of nitro groups is 1. The maximum absolute atomic E-state index is 12.0. The van der Waals surface area contributed by atoms with Crippen LogP contribution in [0.1, 0.15) is 25.1 Å². The zero-order valence-corrected chi connectivity index (χ0v) is 11.3. The number of nitrogens with zero attached hydrogens (tertiary/aromatic N) is 2. The number of hydrogen-bond donors (Lipinski definition) is 1. The van der Waals surface area contributed by atoms with Crippen LogP contribution < -0.4 is 5.32 Å². The van der Waals surface area contributed by atoms with Gasteiger partial charge in [-0.1, -0.05) is 19.1 Å². The van der Waals surface area contributed by atoms with E-state index in [-0.39, 0.29) is 17.8 Å². The summed E-state index contributed by atoms with van der Waals surface area (Å²) in [5, 5.41) is 14.0. The van der Waals surface area contributed by atoms with Gasteiger partial charge in [-0.2, -0.15) is 0 Å². The highest BCUT2D eigenvalue weighted by Crippen LogP contribution is 2.40. The fourth-order valence-electron chi connectivity index (χ4n) is 2.76. The van der Waals surface area contributed by atoms with Crippen LogP contribution in [0.2, 0.25) is 0 Å². The van der Waals surface area contributed by atoms with Crippen LogP contribution >= 0.6 is 0 Å². The molecule has 2 fully saturated rings. The molecule has 1 amide bonds. The molecule has 1 N–H and O–H groups in total. The van der Waals surface area contributed by atoms with Gasteiger partial charge in [-0.25, -0.2) is 0 Å². The predicted molar refractivity (Wildman–Crippen MR) is 72.8 cm³/mol. The Bertz CT molecular complexity index is 560. The molecule has 6 nitrogen and oxygen atoms in total. The molecular weight excluding hydrogens is 258 g/mol. The summed E-state index contributed by atoms with van der Waals surface area (Å²) in [6.07, 6.45) is 0.918. The van der Waals surface area contributed by atoms with E-state index in [0.717, 1.165) is 18.5 Å². The van der Waals surface area contributed by atoms with Gasteiger partial charge in [0, 0.05) is 18.7 Å². The van der Waals surface area contributed by atoms with Crippen molar-refractivity contribution < 1.29 is 9.72 Å². The van der Waals surface area contributed by atoms with Gasteiger partial charge in [0.25, 0.3) is 5.69 Å². The monoisotopic (exact) mass is 275 g/mol. The number of carbonyl (C=O) groups is 1. The Balaban J connectivity index is 1.82. The molecule has 3 rings (SSSR count). The Morgan fingerprint density at radius 1 is 1.50 bits per heavy atom. The number of carbonyl (C=O) groups excluding carboxylic acids is 1. The third kappa shape index (κ3) is 2.38. The second-order valence-electron chi connectivity index (χ2n) is 5.65. The van der Waals surface area contributed by atoms with E-state index in [1.165, 1.54) is 6.07 Å². The van der Waals surface area contributed by atoms with Crippen LogP contribution in [-0.4, -0.2) is 28.8 Å². The lowest BCUT2D eigenvalue weighted by Crippen LogP contribution is -2.32. The van der Waals surface area contributed by atoms with Crippen LogP contribution in [0.15, 0.2) is 24.3 Å². The van der Waals surface area contributed by atoms with Gasteiger partial charge in [-0.05, 0) is 23.8 Å². The van der Waals surface area contributed by atoms with Crippen molar-refractivity contribution in [1.82, 2.24) is 10.2 Å². The van der Waals surface area contributed by atoms with Crippen molar-refractivity contribution in [2.75, 3.05) is 13.1 Å². The van der Waals surface area contributed by atoms with Crippen molar-refractivity contribution in [3.63, 3.8) is 0 Å². The first-order valence-corrected chi connectivity index (χ1v) is 6.83. The molecule has 6 heteroatoms. The van der Waals surface area contributed by atoms with Gasteiger partial charge < -0.3 is 4.90 Å². The summed E-state index contributed by atoms with van der Waals surface area (Å²) < 4.78 is 0. The fraction of sp³-hybridized carbons (Fsp3) is 0.500. The second kappa shape index (κ2) is 4.86. The van der Waals surface area contributed by atoms with Crippen molar-refractivity contribution in [3.05, 3.63) is 39.9 Å². The smallest absolute Gasteiger partial charge is 0.269 e. The summed E-state index contributed by atoms with van der Waals surface area (Å²) in [6.45, 7) is 3.22. The van der Waals surface area contributed by atoms with Crippen LogP contribution in [0.25, 0.3) is 0 Å². The van der Waals surface area contributed by atoms with E-state index in [1.807, 2.05) is 11.0 Å². The molecule has 3 atom stereocenters. The highest BCUT2D eigenvalue weighted by molar-refractivity contribution is 5.81. The predicted octanol–water partition coefficient (Wildman–Crippen LogP) is 1.68. The van der Waals surface area contributed by atoms with Gasteiger partial charge in [0.15, 0.2) is 0 Å². The number of non-ortho nitro benzene ring substituents is 1. The molecule has 3 unspecified atom stereocenters. The third-order valence-electron chi connectivity index (χ3n) is 4.18. The van der Waals surface area contributed by atoms with Gasteiger partial charge in [0.2, 0.25) is 5.91 Å². The van der Waals surface area contributed by atoms with Crippen LogP contribution in [0.4, 0.5) is 5.69 Å². The SMILES string of the molecule is CC1CC1CN1C(=O)CNC1c1cccc([N+](=O)[O-])c1. The first-order valence-electron chi connectivity index (χ1n) is 6.83. The first-order chi connectivity index (χ1) is 9.56. The summed E-state index contributed by atoms with van der Waals surface area (Å²) in [5.41, 5.74) is 0.835. The molecule has 1 saturated heterocycles. The van der Waals surface area contributed by atoms with Crippen LogP contribution in [0, 0.1) is 22.0 Å². The molecule has 1 heterocycles. The van der Waals surface area contributed by atoms with E-state index >= 15 is 0 Å². The molecule has 1 aliphatic heterocycles. The Labute approximate surface area is 116 Å².